The number of carbonyl (C=O) groups is 2. The van der Waals surface area contributed by atoms with Crippen molar-refractivity contribution < 1.29 is 29.3 Å². The first-order valence-corrected chi connectivity index (χ1v) is 13.4. The van der Waals surface area contributed by atoms with Gasteiger partial charge in [0.2, 0.25) is 0 Å². The van der Waals surface area contributed by atoms with Gasteiger partial charge >= 0.3 is 11.9 Å². The SMILES string of the molecule is O=C(O)CCc1cc(Cl)c(OCC/C=C/CCOc2c(Cl)cc(Nc3ccccc3C(=O)O)cc2Cl)c(Cl)c1. The lowest BCUT2D eigenvalue weighted by atomic mass is 10.1. The number of aryl methyl sites for hydroxylation is 1. The average Bonchev–Trinajstić information content (AvgIpc) is 2.87. The van der Waals surface area contributed by atoms with Crippen molar-refractivity contribution in [2.24, 2.45) is 0 Å². The quantitative estimate of drug-likeness (QED) is 0.124. The van der Waals surface area contributed by atoms with Gasteiger partial charge in [-0.3, -0.25) is 4.79 Å². The van der Waals surface area contributed by atoms with E-state index in [0.717, 1.165) is 5.56 Å². The summed E-state index contributed by atoms with van der Waals surface area (Å²) in [5.74, 6) is -1.24. The highest BCUT2D eigenvalue weighted by Gasteiger charge is 2.14. The Kier molecular flexibility index (Phi) is 11.6. The van der Waals surface area contributed by atoms with E-state index in [0.29, 0.717) is 65.4 Å². The molecule has 0 bridgehead atoms. The van der Waals surface area contributed by atoms with Crippen molar-refractivity contribution in [3.63, 3.8) is 0 Å². The highest BCUT2D eigenvalue weighted by molar-refractivity contribution is 6.38. The Balaban J connectivity index is 1.45. The van der Waals surface area contributed by atoms with Crippen molar-refractivity contribution in [3.05, 3.63) is 91.9 Å². The van der Waals surface area contributed by atoms with Crippen molar-refractivity contribution >= 4 is 69.7 Å². The molecule has 0 unspecified atom stereocenters. The predicted octanol–water partition coefficient (Wildman–Crippen LogP) is 8.55. The van der Waals surface area contributed by atoms with E-state index in [4.69, 9.17) is 61.0 Å². The summed E-state index contributed by atoms with van der Waals surface area (Å²) >= 11 is 25.2. The van der Waals surface area contributed by atoms with E-state index in [1.54, 1.807) is 42.5 Å². The first-order chi connectivity index (χ1) is 18.7. The van der Waals surface area contributed by atoms with Gasteiger partial charge in [0.1, 0.15) is 0 Å². The summed E-state index contributed by atoms with van der Waals surface area (Å²) in [5, 5.41) is 22.4. The first kappa shape index (κ1) is 30.4. The van der Waals surface area contributed by atoms with Gasteiger partial charge in [0.05, 0.1) is 44.6 Å². The number of carboxylic acids is 2. The van der Waals surface area contributed by atoms with Gasteiger partial charge in [-0.25, -0.2) is 4.79 Å². The Morgan fingerprint density at radius 3 is 1.82 bits per heavy atom. The molecule has 0 saturated carbocycles. The lowest BCUT2D eigenvalue weighted by Crippen LogP contribution is -2.03. The summed E-state index contributed by atoms with van der Waals surface area (Å²) in [5.41, 5.74) is 1.80. The number of ether oxygens (including phenoxy) is 2. The van der Waals surface area contributed by atoms with Gasteiger partial charge in [-0.1, -0.05) is 70.7 Å². The van der Waals surface area contributed by atoms with Crippen molar-refractivity contribution in [1.82, 2.24) is 0 Å². The number of aromatic carboxylic acids is 1. The van der Waals surface area contributed by atoms with Crippen molar-refractivity contribution in [1.29, 1.82) is 0 Å². The fourth-order valence-electron chi connectivity index (χ4n) is 3.54. The topological polar surface area (TPSA) is 105 Å². The van der Waals surface area contributed by atoms with Crippen molar-refractivity contribution in [2.45, 2.75) is 25.7 Å². The van der Waals surface area contributed by atoms with Gasteiger partial charge in [-0.15, -0.1) is 0 Å². The Labute approximate surface area is 245 Å². The summed E-state index contributed by atoms with van der Waals surface area (Å²) in [4.78, 5) is 22.2. The molecule has 0 aliphatic carbocycles. The molecule has 7 nitrogen and oxygen atoms in total. The minimum atomic E-state index is -1.05. The highest BCUT2D eigenvalue weighted by atomic mass is 35.5. The number of nitrogens with one attached hydrogen (secondary N) is 1. The third-order valence-electron chi connectivity index (χ3n) is 5.35. The van der Waals surface area contributed by atoms with E-state index in [-0.39, 0.29) is 22.0 Å². The highest BCUT2D eigenvalue weighted by Crippen LogP contribution is 2.37. The molecule has 206 valence electrons. The van der Waals surface area contributed by atoms with Crippen LogP contribution < -0.4 is 14.8 Å². The summed E-state index contributed by atoms with van der Waals surface area (Å²) in [7, 11) is 0. The van der Waals surface area contributed by atoms with Crippen LogP contribution in [0.1, 0.15) is 35.2 Å². The number of aliphatic carboxylic acids is 1. The minimum Gasteiger partial charge on any atom is -0.490 e. The van der Waals surface area contributed by atoms with E-state index >= 15 is 0 Å². The number of carboxylic acid groups (broad SMARTS) is 2. The number of rotatable bonds is 14. The molecule has 0 radical (unpaired) electrons. The lowest BCUT2D eigenvalue weighted by Gasteiger charge is -2.14. The molecular formula is C28H25Cl4NO6. The average molecular weight is 613 g/mol. The number of hydrogen-bond acceptors (Lipinski definition) is 5. The van der Waals surface area contributed by atoms with Crippen molar-refractivity contribution in [3.8, 4) is 11.5 Å². The fourth-order valence-corrected chi connectivity index (χ4v) is 4.78. The second-order valence-corrected chi connectivity index (χ2v) is 9.90. The standard InChI is InChI=1S/C28H25Cl4NO6/c29-20-13-17(9-10-25(34)35)14-21(30)26(20)38-11-5-1-2-6-12-39-27-22(31)15-18(16-23(27)32)33-24-8-4-3-7-19(24)28(36)37/h1-4,7-8,13-16,33H,5-6,9-12H2,(H,34,35)(H,36,37)/b2-1+. The van der Waals surface area contributed by atoms with Gasteiger partial charge in [-0.05, 0) is 61.2 Å². The zero-order chi connectivity index (χ0) is 28.4. The van der Waals surface area contributed by atoms with Crippen LogP contribution in [0.2, 0.25) is 20.1 Å². The molecule has 0 fully saturated rings. The van der Waals surface area contributed by atoms with E-state index in [9.17, 15) is 14.7 Å². The smallest absolute Gasteiger partial charge is 0.337 e. The zero-order valence-electron chi connectivity index (χ0n) is 20.6. The lowest BCUT2D eigenvalue weighted by molar-refractivity contribution is -0.136. The van der Waals surface area contributed by atoms with Crippen LogP contribution in [0, 0.1) is 0 Å². The largest absolute Gasteiger partial charge is 0.490 e. The molecule has 0 atom stereocenters. The van der Waals surface area contributed by atoms with Gasteiger partial charge in [0.25, 0.3) is 0 Å². The second-order valence-electron chi connectivity index (χ2n) is 8.27. The van der Waals surface area contributed by atoms with Crippen LogP contribution in [0.25, 0.3) is 0 Å². The molecule has 3 aromatic carbocycles. The molecule has 39 heavy (non-hydrogen) atoms. The molecule has 0 saturated heterocycles. The van der Waals surface area contributed by atoms with E-state index in [1.807, 2.05) is 12.2 Å². The third kappa shape index (κ3) is 9.25. The monoisotopic (exact) mass is 611 g/mol. The molecule has 0 heterocycles. The van der Waals surface area contributed by atoms with Gasteiger partial charge in [0.15, 0.2) is 11.5 Å². The van der Waals surface area contributed by atoms with Crippen LogP contribution in [0.5, 0.6) is 11.5 Å². The molecule has 3 aromatic rings. The number of anilines is 2. The Morgan fingerprint density at radius 2 is 1.31 bits per heavy atom. The number of hydrogen-bond donors (Lipinski definition) is 3. The molecule has 0 aromatic heterocycles. The molecule has 0 aliphatic rings. The van der Waals surface area contributed by atoms with E-state index < -0.39 is 11.9 Å². The van der Waals surface area contributed by atoms with E-state index in [1.165, 1.54) is 6.07 Å². The fraction of sp³-hybridized carbons (Fsp3) is 0.214. The molecular weight excluding hydrogens is 588 g/mol. The van der Waals surface area contributed by atoms with Crippen LogP contribution in [-0.2, 0) is 11.2 Å². The Bertz CT molecular complexity index is 1320. The Morgan fingerprint density at radius 1 is 0.795 bits per heavy atom. The summed E-state index contributed by atoms with van der Waals surface area (Å²) in [6.45, 7) is 0.684. The number of benzene rings is 3. The van der Waals surface area contributed by atoms with Gasteiger partial charge in [0, 0.05) is 12.1 Å². The van der Waals surface area contributed by atoms with Crippen molar-refractivity contribution in [2.75, 3.05) is 18.5 Å². The maximum atomic E-state index is 11.4. The zero-order valence-corrected chi connectivity index (χ0v) is 23.6. The second kappa shape index (κ2) is 14.9. The Hall–Kier alpha value is -3.10. The molecule has 0 spiro atoms. The van der Waals surface area contributed by atoms with Crippen LogP contribution >= 0.6 is 46.4 Å². The molecule has 11 heteroatoms. The summed E-state index contributed by atoms with van der Waals surface area (Å²) in [6, 6.07) is 13.1. The third-order valence-corrected chi connectivity index (χ3v) is 6.47. The molecule has 3 N–H and O–H groups in total. The van der Waals surface area contributed by atoms with Gasteiger partial charge in [-0.2, -0.15) is 0 Å². The molecule has 0 aliphatic heterocycles. The summed E-state index contributed by atoms with van der Waals surface area (Å²) < 4.78 is 11.4. The van der Waals surface area contributed by atoms with E-state index in [2.05, 4.69) is 5.32 Å². The van der Waals surface area contributed by atoms with Gasteiger partial charge < -0.3 is 25.0 Å². The molecule has 3 rings (SSSR count). The maximum Gasteiger partial charge on any atom is 0.337 e. The van der Waals surface area contributed by atoms with Crippen LogP contribution in [0.15, 0.2) is 60.7 Å². The number of halogens is 4. The number of para-hydroxylation sites is 1. The van der Waals surface area contributed by atoms with Crippen LogP contribution in [-0.4, -0.2) is 35.4 Å². The molecule has 0 amide bonds. The van der Waals surface area contributed by atoms with Crippen LogP contribution in [0.3, 0.4) is 0 Å². The van der Waals surface area contributed by atoms with Crippen LogP contribution in [0.4, 0.5) is 11.4 Å². The normalized spacial score (nSPS) is 11.0. The predicted molar refractivity (Wildman–Crippen MR) is 155 cm³/mol. The first-order valence-electron chi connectivity index (χ1n) is 11.8. The minimum absolute atomic E-state index is 0.00802. The summed E-state index contributed by atoms with van der Waals surface area (Å²) in [6.07, 6.45) is 5.39. The maximum absolute atomic E-state index is 11.4.